The van der Waals surface area contributed by atoms with Gasteiger partial charge in [-0.2, -0.15) is 0 Å². The topological polar surface area (TPSA) is 94.8 Å². The number of carbonyl (C=O) groups excluding carboxylic acids is 1. The molecule has 1 aromatic heterocycles. The Bertz CT molecular complexity index is 850. The highest BCUT2D eigenvalue weighted by Crippen LogP contribution is 2.37. The highest BCUT2D eigenvalue weighted by molar-refractivity contribution is 7.91. The van der Waals surface area contributed by atoms with Crippen molar-refractivity contribution < 1.29 is 27.1 Å². The largest absolute Gasteiger partial charge is 0.468 e. The van der Waals surface area contributed by atoms with Gasteiger partial charge in [0.2, 0.25) is 12.7 Å². The number of alkyl halides is 1. The second-order valence-corrected chi connectivity index (χ2v) is 7.82. The Balaban J connectivity index is 1.90. The Kier molecular flexibility index (Phi) is 5.19. The molecule has 0 unspecified atom stereocenters. The predicted octanol–water partition coefficient (Wildman–Crippen LogP) is 2.27. The van der Waals surface area contributed by atoms with Crippen molar-refractivity contribution in [1.29, 1.82) is 0 Å². The lowest BCUT2D eigenvalue weighted by molar-refractivity contribution is -0.120. The van der Waals surface area contributed by atoms with Gasteiger partial charge < -0.3 is 19.2 Å². The molecule has 0 aliphatic carbocycles. The molecule has 9 heteroatoms. The van der Waals surface area contributed by atoms with Gasteiger partial charge in [0, 0.05) is 24.9 Å². The number of hydrogen-bond acceptors (Lipinski definition) is 6. The van der Waals surface area contributed by atoms with E-state index in [0.717, 1.165) is 0 Å². The number of halogens is 1. The van der Waals surface area contributed by atoms with Crippen LogP contribution >= 0.6 is 11.6 Å². The number of carbonyl (C=O) groups is 1. The lowest BCUT2D eigenvalue weighted by atomic mass is 10.3. The minimum Gasteiger partial charge on any atom is -0.468 e. The molecule has 0 saturated carbocycles. The number of rotatable bonds is 7. The summed E-state index contributed by atoms with van der Waals surface area (Å²) in [5.41, 5.74) is 0. The number of benzene rings is 1. The van der Waals surface area contributed by atoms with Crippen LogP contribution in [-0.2, 0) is 14.6 Å². The van der Waals surface area contributed by atoms with Crippen molar-refractivity contribution in [3.05, 3.63) is 42.4 Å². The van der Waals surface area contributed by atoms with E-state index in [9.17, 15) is 13.2 Å². The molecule has 1 aromatic carbocycles. The molecule has 7 nitrogen and oxygen atoms in total. The quantitative estimate of drug-likeness (QED) is 0.734. The maximum absolute atomic E-state index is 13.1. The van der Waals surface area contributed by atoms with E-state index in [1.807, 2.05) is 0 Å². The molecule has 134 valence electrons. The molecule has 0 fully saturated rings. The van der Waals surface area contributed by atoms with Crippen LogP contribution in [-0.4, -0.2) is 33.5 Å². The molecule has 2 aromatic rings. The summed E-state index contributed by atoms with van der Waals surface area (Å²) in [6, 6.07) is 7.55. The fourth-order valence-corrected chi connectivity index (χ4v) is 4.21. The van der Waals surface area contributed by atoms with Gasteiger partial charge in [0.05, 0.1) is 11.2 Å². The van der Waals surface area contributed by atoms with Gasteiger partial charge in [-0.05, 0) is 24.3 Å². The van der Waals surface area contributed by atoms with E-state index in [1.165, 1.54) is 18.4 Å². The van der Waals surface area contributed by atoms with E-state index in [2.05, 4.69) is 5.32 Å². The van der Waals surface area contributed by atoms with Crippen molar-refractivity contribution in [3.63, 3.8) is 0 Å². The molecule has 1 atom stereocenters. The summed E-state index contributed by atoms with van der Waals surface area (Å²) in [4.78, 5) is 11.7. The highest BCUT2D eigenvalue weighted by atomic mass is 35.5. The molecule has 0 saturated heterocycles. The maximum atomic E-state index is 13.1. The van der Waals surface area contributed by atoms with Gasteiger partial charge in [0.15, 0.2) is 21.3 Å². The summed E-state index contributed by atoms with van der Waals surface area (Å²) in [6.07, 6.45) is 1.49. The van der Waals surface area contributed by atoms with E-state index < -0.39 is 15.1 Å². The van der Waals surface area contributed by atoms with Gasteiger partial charge in [-0.1, -0.05) is 0 Å². The lowest BCUT2D eigenvalue weighted by Crippen LogP contribution is -2.31. The molecule has 1 amide bonds. The monoisotopic (exact) mass is 385 g/mol. The van der Waals surface area contributed by atoms with Crippen LogP contribution in [0.15, 0.2) is 45.9 Å². The Morgan fingerprint density at radius 2 is 2.04 bits per heavy atom. The lowest BCUT2D eigenvalue weighted by Gasteiger charge is -2.17. The fourth-order valence-electron chi connectivity index (χ4n) is 2.44. The van der Waals surface area contributed by atoms with Crippen molar-refractivity contribution in [3.8, 4) is 11.5 Å². The van der Waals surface area contributed by atoms with Crippen LogP contribution in [0.1, 0.15) is 17.4 Å². The Labute approximate surface area is 149 Å². The molecule has 3 rings (SSSR count). The first-order valence-electron chi connectivity index (χ1n) is 7.52. The molecule has 0 spiro atoms. The molecular weight excluding hydrogens is 370 g/mol. The molecule has 1 aliphatic heterocycles. The van der Waals surface area contributed by atoms with Crippen molar-refractivity contribution in [1.82, 2.24) is 5.32 Å². The van der Waals surface area contributed by atoms with Crippen molar-refractivity contribution in [2.24, 2.45) is 0 Å². The summed E-state index contributed by atoms with van der Waals surface area (Å²) >= 11 is 5.53. The number of fused-ring (bicyclic) bond motifs is 1. The van der Waals surface area contributed by atoms with Crippen LogP contribution in [0.2, 0.25) is 0 Å². The number of ether oxygens (including phenoxy) is 2. The smallest absolute Gasteiger partial charge is 0.231 e. The molecule has 2 heterocycles. The van der Waals surface area contributed by atoms with Gasteiger partial charge in [-0.15, -0.1) is 11.6 Å². The third-order valence-corrected chi connectivity index (χ3v) is 5.96. The Morgan fingerprint density at radius 1 is 1.24 bits per heavy atom. The molecule has 1 aliphatic rings. The highest BCUT2D eigenvalue weighted by Gasteiger charge is 2.33. The van der Waals surface area contributed by atoms with Crippen molar-refractivity contribution in [2.45, 2.75) is 16.6 Å². The summed E-state index contributed by atoms with van der Waals surface area (Å²) in [6.45, 7) is -0.0745. The third-order valence-electron chi connectivity index (χ3n) is 3.71. The standard InChI is InChI=1S/C16H16ClNO6S/c17-6-5-16(19)18-9-15(13-2-1-7-22-13)25(20,21)11-3-4-12-14(8-11)24-10-23-12/h1-4,7-8,15H,5-6,9-10H2,(H,18,19)/t15-/m0/s1. The van der Waals surface area contributed by atoms with Gasteiger partial charge in [-0.3, -0.25) is 4.79 Å². The third kappa shape index (κ3) is 3.74. The average molecular weight is 386 g/mol. The second kappa shape index (κ2) is 7.37. The zero-order chi connectivity index (χ0) is 17.9. The van der Waals surface area contributed by atoms with Gasteiger partial charge in [-0.25, -0.2) is 8.42 Å². The minimum absolute atomic E-state index is 0.0505. The number of sulfone groups is 1. The number of hydrogen-bond donors (Lipinski definition) is 1. The average Bonchev–Trinajstić information content (AvgIpc) is 3.26. The van der Waals surface area contributed by atoms with E-state index >= 15 is 0 Å². The first-order valence-corrected chi connectivity index (χ1v) is 9.60. The summed E-state index contributed by atoms with van der Waals surface area (Å²) in [5, 5.41) is 1.51. The summed E-state index contributed by atoms with van der Waals surface area (Å²) < 4.78 is 41.9. The number of furan rings is 1. The second-order valence-electron chi connectivity index (χ2n) is 5.31. The first kappa shape index (κ1) is 17.6. The Hall–Kier alpha value is -2.19. The summed E-state index contributed by atoms with van der Waals surface area (Å²) in [7, 11) is -3.83. The van der Waals surface area contributed by atoms with E-state index in [-0.39, 0.29) is 42.2 Å². The number of nitrogens with one attached hydrogen (secondary N) is 1. The minimum atomic E-state index is -3.83. The Morgan fingerprint density at radius 3 is 2.76 bits per heavy atom. The summed E-state index contributed by atoms with van der Waals surface area (Å²) in [5.74, 6) is 0.928. The van der Waals surface area contributed by atoms with Crippen molar-refractivity contribution in [2.75, 3.05) is 19.2 Å². The van der Waals surface area contributed by atoms with Gasteiger partial charge in [0.1, 0.15) is 11.0 Å². The predicted molar refractivity (Wildman–Crippen MR) is 89.5 cm³/mol. The van der Waals surface area contributed by atoms with Crippen LogP contribution in [0, 0.1) is 0 Å². The molecule has 1 N–H and O–H groups in total. The van der Waals surface area contributed by atoms with E-state index in [4.69, 9.17) is 25.5 Å². The fraction of sp³-hybridized carbons (Fsp3) is 0.312. The van der Waals surface area contributed by atoms with Crippen LogP contribution < -0.4 is 14.8 Å². The zero-order valence-electron chi connectivity index (χ0n) is 13.1. The maximum Gasteiger partial charge on any atom is 0.231 e. The van der Waals surface area contributed by atoms with Crippen LogP contribution in [0.25, 0.3) is 0 Å². The molecule has 25 heavy (non-hydrogen) atoms. The SMILES string of the molecule is O=C(CCCl)NC[C@@H](c1ccco1)S(=O)(=O)c1ccc2c(c1)OCO2. The zero-order valence-corrected chi connectivity index (χ0v) is 14.7. The molecule has 0 bridgehead atoms. The van der Waals surface area contributed by atoms with Crippen LogP contribution in [0.3, 0.4) is 0 Å². The molecular formula is C16H16ClNO6S. The van der Waals surface area contributed by atoms with Gasteiger partial charge >= 0.3 is 0 Å². The number of amides is 1. The van der Waals surface area contributed by atoms with Gasteiger partial charge in [0.25, 0.3) is 0 Å². The van der Waals surface area contributed by atoms with E-state index in [1.54, 1.807) is 18.2 Å². The first-order chi connectivity index (χ1) is 12.0. The van der Waals surface area contributed by atoms with Crippen LogP contribution in [0.4, 0.5) is 0 Å². The van der Waals surface area contributed by atoms with Crippen molar-refractivity contribution >= 4 is 27.3 Å². The van der Waals surface area contributed by atoms with E-state index in [0.29, 0.717) is 11.5 Å². The van der Waals surface area contributed by atoms with Crippen LogP contribution in [0.5, 0.6) is 11.5 Å². The molecule has 0 radical (unpaired) electrons. The normalized spacial score (nSPS) is 14.3.